The number of benzene rings is 1. The van der Waals surface area contributed by atoms with Gasteiger partial charge in [0.05, 0.1) is 6.54 Å². The molecule has 2 N–H and O–H groups in total. The predicted molar refractivity (Wildman–Crippen MR) is 110 cm³/mol. The first-order valence-electron chi connectivity index (χ1n) is 10.0. The van der Waals surface area contributed by atoms with Gasteiger partial charge in [0, 0.05) is 51.2 Å². The van der Waals surface area contributed by atoms with Gasteiger partial charge in [-0.15, -0.1) is 0 Å². The SMILES string of the molecule is CN=C(NC1CC1c1ccccc1C)N1CCN(CC(=O)NC(C)C)CC1. The van der Waals surface area contributed by atoms with Crippen LogP contribution in [0.15, 0.2) is 29.3 Å². The molecule has 0 radical (unpaired) electrons. The van der Waals surface area contributed by atoms with Crippen molar-refractivity contribution in [2.75, 3.05) is 39.8 Å². The van der Waals surface area contributed by atoms with Crippen molar-refractivity contribution < 1.29 is 4.79 Å². The minimum absolute atomic E-state index is 0.111. The summed E-state index contributed by atoms with van der Waals surface area (Å²) in [5.74, 6) is 1.69. The van der Waals surface area contributed by atoms with Gasteiger partial charge in [0.25, 0.3) is 0 Å². The summed E-state index contributed by atoms with van der Waals surface area (Å²) in [5, 5.41) is 6.61. The topological polar surface area (TPSA) is 60.0 Å². The monoisotopic (exact) mass is 371 g/mol. The van der Waals surface area contributed by atoms with Crippen LogP contribution in [0.1, 0.15) is 37.3 Å². The molecule has 2 fully saturated rings. The smallest absolute Gasteiger partial charge is 0.234 e. The third-order valence-corrected chi connectivity index (χ3v) is 5.39. The maximum absolute atomic E-state index is 11.9. The number of rotatable bonds is 5. The fourth-order valence-corrected chi connectivity index (χ4v) is 3.85. The fraction of sp³-hybridized carbons (Fsp3) is 0.619. The Morgan fingerprint density at radius 1 is 1.22 bits per heavy atom. The van der Waals surface area contributed by atoms with E-state index in [1.54, 1.807) is 0 Å². The second-order valence-corrected chi connectivity index (χ2v) is 7.98. The van der Waals surface area contributed by atoms with Gasteiger partial charge >= 0.3 is 0 Å². The molecular formula is C21H33N5O. The summed E-state index contributed by atoms with van der Waals surface area (Å²) < 4.78 is 0. The van der Waals surface area contributed by atoms with Crippen molar-refractivity contribution in [1.82, 2.24) is 20.4 Å². The summed E-state index contributed by atoms with van der Waals surface area (Å²) in [6.07, 6.45) is 1.17. The van der Waals surface area contributed by atoms with E-state index in [0.717, 1.165) is 32.1 Å². The van der Waals surface area contributed by atoms with E-state index >= 15 is 0 Å². The molecule has 1 amide bonds. The van der Waals surface area contributed by atoms with Crippen molar-refractivity contribution in [1.29, 1.82) is 0 Å². The van der Waals surface area contributed by atoms with Crippen LogP contribution in [0.3, 0.4) is 0 Å². The van der Waals surface area contributed by atoms with Crippen LogP contribution in [-0.4, -0.2) is 73.5 Å². The van der Waals surface area contributed by atoms with Crippen LogP contribution in [0, 0.1) is 6.92 Å². The van der Waals surface area contributed by atoms with Gasteiger partial charge in [0.15, 0.2) is 5.96 Å². The minimum Gasteiger partial charge on any atom is -0.353 e. The average molecular weight is 372 g/mol. The summed E-state index contributed by atoms with van der Waals surface area (Å²) >= 11 is 0. The highest BCUT2D eigenvalue weighted by atomic mass is 16.2. The number of aliphatic imine (C=N–C) groups is 1. The van der Waals surface area contributed by atoms with Gasteiger partial charge in [0.1, 0.15) is 0 Å². The van der Waals surface area contributed by atoms with E-state index in [0.29, 0.717) is 18.5 Å². The highest BCUT2D eigenvalue weighted by Crippen LogP contribution is 2.42. The molecule has 0 spiro atoms. The van der Waals surface area contributed by atoms with Crippen molar-refractivity contribution in [2.45, 2.75) is 45.2 Å². The molecule has 1 saturated carbocycles. The van der Waals surface area contributed by atoms with E-state index < -0.39 is 0 Å². The fourth-order valence-electron chi connectivity index (χ4n) is 3.85. The van der Waals surface area contributed by atoms with Crippen LogP contribution >= 0.6 is 0 Å². The normalized spacial score (nSPS) is 23.4. The van der Waals surface area contributed by atoms with Crippen LogP contribution < -0.4 is 10.6 Å². The van der Waals surface area contributed by atoms with E-state index in [4.69, 9.17) is 0 Å². The molecule has 6 heteroatoms. The number of carbonyl (C=O) groups excluding carboxylic acids is 1. The molecule has 1 aliphatic heterocycles. The quantitative estimate of drug-likeness (QED) is 0.609. The van der Waals surface area contributed by atoms with E-state index in [2.05, 4.69) is 56.6 Å². The first-order chi connectivity index (χ1) is 13.0. The van der Waals surface area contributed by atoms with Crippen LogP contribution in [0.4, 0.5) is 0 Å². The molecule has 2 atom stereocenters. The van der Waals surface area contributed by atoms with E-state index in [1.807, 2.05) is 20.9 Å². The maximum atomic E-state index is 11.9. The van der Waals surface area contributed by atoms with Gasteiger partial charge in [0.2, 0.25) is 5.91 Å². The number of nitrogens with one attached hydrogen (secondary N) is 2. The number of aryl methyl sites for hydroxylation is 1. The summed E-state index contributed by atoms with van der Waals surface area (Å²) in [4.78, 5) is 21.0. The molecule has 1 aromatic rings. The lowest BCUT2D eigenvalue weighted by Crippen LogP contribution is -2.54. The third kappa shape index (κ3) is 5.22. The molecule has 6 nitrogen and oxygen atoms in total. The molecule has 2 aliphatic rings. The number of hydrogen-bond acceptors (Lipinski definition) is 3. The number of amides is 1. The Kier molecular flexibility index (Phi) is 6.37. The van der Waals surface area contributed by atoms with Crippen molar-refractivity contribution in [3.05, 3.63) is 35.4 Å². The summed E-state index contributed by atoms with van der Waals surface area (Å²) in [6.45, 7) is 10.2. The minimum atomic E-state index is 0.111. The number of hydrogen-bond donors (Lipinski definition) is 2. The average Bonchev–Trinajstić information content (AvgIpc) is 3.39. The first-order valence-corrected chi connectivity index (χ1v) is 10.0. The number of carbonyl (C=O) groups is 1. The zero-order valence-electron chi connectivity index (χ0n) is 17.0. The number of guanidine groups is 1. The Morgan fingerprint density at radius 2 is 1.93 bits per heavy atom. The first kappa shape index (κ1) is 19.7. The van der Waals surface area contributed by atoms with Gasteiger partial charge in [-0.25, -0.2) is 0 Å². The molecule has 1 aromatic carbocycles. The van der Waals surface area contributed by atoms with Crippen molar-refractivity contribution in [3.63, 3.8) is 0 Å². The van der Waals surface area contributed by atoms with Crippen LogP contribution in [0.5, 0.6) is 0 Å². The highest BCUT2D eigenvalue weighted by Gasteiger charge is 2.40. The Bertz CT molecular complexity index is 679. The van der Waals surface area contributed by atoms with Crippen molar-refractivity contribution >= 4 is 11.9 Å². The Balaban J connectivity index is 1.46. The van der Waals surface area contributed by atoms with Gasteiger partial charge in [-0.2, -0.15) is 0 Å². The lowest BCUT2D eigenvalue weighted by molar-refractivity contribution is -0.123. The second kappa shape index (κ2) is 8.74. The third-order valence-electron chi connectivity index (χ3n) is 5.39. The molecule has 1 aliphatic carbocycles. The lowest BCUT2D eigenvalue weighted by Gasteiger charge is -2.36. The van der Waals surface area contributed by atoms with E-state index in [1.165, 1.54) is 17.5 Å². The molecule has 1 heterocycles. The number of piperazine rings is 1. The van der Waals surface area contributed by atoms with Crippen molar-refractivity contribution in [2.24, 2.45) is 4.99 Å². The predicted octanol–water partition coefficient (Wildman–Crippen LogP) is 1.57. The zero-order chi connectivity index (χ0) is 19.4. The standard InChI is InChI=1S/C21H33N5O/c1-15(2)23-20(27)14-25-9-11-26(12-10-25)21(22-4)24-19-13-18(19)17-8-6-5-7-16(17)3/h5-8,15,18-19H,9-14H2,1-4H3,(H,22,24)(H,23,27). The Labute approximate surface area is 163 Å². The molecule has 3 rings (SSSR count). The largest absolute Gasteiger partial charge is 0.353 e. The molecular weight excluding hydrogens is 338 g/mol. The van der Waals surface area contributed by atoms with Gasteiger partial charge in [-0.1, -0.05) is 24.3 Å². The summed E-state index contributed by atoms with van der Waals surface area (Å²) in [6, 6.07) is 9.32. The molecule has 27 heavy (non-hydrogen) atoms. The molecule has 0 aromatic heterocycles. The summed E-state index contributed by atoms with van der Waals surface area (Å²) in [7, 11) is 1.86. The van der Waals surface area contributed by atoms with E-state index in [9.17, 15) is 4.79 Å². The van der Waals surface area contributed by atoms with Gasteiger partial charge < -0.3 is 15.5 Å². The lowest BCUT2D eigenvalue weighted by atomic mass is 10.0. The van der Waals surface area contributed by atoms with Gasteiger partial charge in [-0.3, -0.25) is 14.7 Å². The summed E-state index contributed by atoms with van der Waals surface area (Å²) in [5.41, 5.74) is 2.82. The number of nitrogens with zero attached hydrogens (tertiary/aromatic N) is 3. The van der Waals surface area contributed by atoms with E-state index in [-0.39, 0.29) is 11.9 Å². The van der Waals surface area contributed by atoms with Crippen molar-refractivity contribution in [3.8, 4) is 0 Å². The Hall–Kier alpha value is -2.08. The van der Waals surface area contributed by atoms with Crippen LogP contribution in [0.25, 0.3) is 0 Å². The van der Waals surface area contributed by atoms with Gasteiger partial charge in [-0.05, 0) is 38.3 Å². The molecule has 1 saturated heterocycles. The molecule has 2 unspecified atom stereocenters. The Morgan fingerprint density at radius 3 is 2.56 bits per heavy atom. The molecule has 0 bridgehead atoms. The second-order valence-electron chi connectivity index (χ2n) is 7.98. The maximum Gasteiger partial charge on any atom is 0.234 e. The highest BCUT2D eigenvalue weighted by molar-refractivity contribution is 5.81. The van der Waals surface area contributed by atoms with Crippen LogP contribution in [-0.2, 0) is 4.79 Å². The van der Waals surface area contributed by atoms with Crippen LogP contribution in [0.2, 0.25) is 0 Å². The molecule has 148 valence electrons. The zero-order valence-corrected chi connectivity index (χ0v) is 17.0.